The van der Waals surface area contributed by atoms with Gasteiger partial charge in [-0.1, -0.05) is 24.8 Å². The molecule has 2 aliphatic rings. The van der Waals surface area contributed by atoms with Crippen LogP contribution in [0.4, 0.5) is 21.0 Å². The molecule has 9 nitrogen and oxygen atoms in total. The minimum absolute atomic E-state index is 0.122. The molecule has 2 amide bonds. The van der Waals surface area contributed by atoms with E-state index < -0.39 is 36.6 Å². The summed E-state index contributed by atoms with van der Waals surface area (Å²) in [6, 6.07) is 13.5. The summed E-state index contributed by atoms with van der Waals surface area (Å²) < 4.78 is 22.2. The number of anilines is 2. The van der Waals surface area contributed by atoms with Gasteiger partial charge in [0, 0.05) is 16.9 Å². The summed E-state index contributed by atoms with van der Waals surface area (Å²) in [6.07, 6.45) is -1.22. The zero-order valence-corrected chi connectivity index (χ0v) is 17.1. The van der Waals surface area contributed by atoms with E-state index in [0.29, 0.717) is 23.2 Å². The number of hydrogen-bond donors (Lipinski definition) is 2. The molecule has 166 valence electrons. The quantitative estimate of drug-likeness (QED) is 0.664. The molecule has 0 unspecified atom stereocenters. The summed E-state index contributed by atoms with van der Waals surface area (Å²) in [5.74, 6) is 0. The van der Waals surface area contributed by atoms with Gasteiger partial charge in [0.05, 0.1) is 13.2 Å². The zero-order valence-electron chi connectivity index (χ0n) is 17.1. The molecule has 0 aliphatic carbocycles. The Morgan fingerprint density at radius 3 is 1.66 bits per heavy atom. The topological polar surface area (TPSA) is 112 Å². The van der Waals surface area contributed by atoms with Crippen LogP contribution in [0.15, 0.2) is 55.1 Å². The Morgan fingerprint density at radius 2 is 1.25 bits per heavy atom. The lowest BCUT2D eigenvalue weighted by Crippen LogP contribution is -2.37. The van der Waals surface area contributed by atoms with E-state index in [2.05, 4.69) is 17.2 Å². The van der Waals surface area contributed by atoms with Gasteiger partial charge in [0.25, 0.3) is 0 Å². The van der Waals surface area contributed by atoms with Gasteiger partial charge >= 0.3 is 12.2 Å². The highest BCUT2D eigenvalue weighted by molar-refractivity contribution is 5.86. The Bertz CT molecular complexity index is 909. The number of fused-ring (bicyclic) bond motifs is 1. The second kappa shape index (κ2) is 9.63. The van der Waals surface area contributed by atoms with Crippen LogP contribution in [0.25, 0.3) is 6.08 Å². The summed E-state index contributed by atoms with van der Waals surface area (Å²) in [6.45, 7) is 3.94. The number of carbonyl (C=O) groups excluding carboxylic acids is 3. The van der Waals surface area contributed by atoms with Crippen molar-refractivity contribution in [2.75, 3.05) is 23.8 Å². The number of nitrogens with one attached hydrogen (secondary N) is 2. The fourth-order valence-corrected chi connectivity index (χ4v) is 3.55. The average Bonchev–Trinajstić information content (AvgIpc) is 3.38. The molecule has 2 aromatic rings. The van der Waals surface area contributed by atoms with Crippen molar-refractivity contribution in [1.82, 2.24) is 0 Å². The third kappa shape index (κ3) is 4.96. The lowest BCUT2D eigenvalue weighted by atomic mass is 10.1. The molecule has 2 heterocycles. The van der Waals surface area contributed by atoms with E-state index in [1.165, 1.54) is 0 Å². The van der Waals surface area contributed by atoms with Gasteiger partial charge in [0.2, 0.25) is 0 Å². The summed E-state index contributed by atoms with van der Waals surface area (Å²) in [5.41, 5.74) is 2.51. The number of hydrogen-bond acceptors (Lipinski definition) is 7. The normalized spacial score (nSPS) is 23.6. The molecule has 4 atom stereocenters. The molecule has 2 N–H and O–H groups in total. The molecule has 0 saturated carbocycles. The van der Waals surface area contributed by atoms with Crippen LogP contribution in [0.1, 0.15) is 15.9 Å². The lowest BCUT2D eigenvalue weighted by Gasteiger charge is -2.17. The molecule has 0 aromatic heterocycles. The first-order valence-corrected chi connectivity index (χ1v) is 10.0. The number of ether oxygens (including phenoxy) is 4. The van der Waals surface area contributed by atoms with Crippen molar-refractivity contribution in [3.8, 4) is 0 Å². The molecule has 32 heavy (non-hydrogen) atoms. The maximum Gasteiger partial charge on any atom is 0.412 e. The summed E-state index contributed by atoms with van der Waals surface area (Å²) >= 11 is 0. The average molecular weight is 438 g/mol. The van der Waals surface area contributed by atoms with Crippen LogP contribution in [0.2, 0.25) is 0 Å². The van der Waals surface area contributed by atoms with E-state index in [0.717, 1.165) is 5.56 Å². The van der Waals surface area contributed by atoms with Crippen molar-refractivity contribution >= 4 is 35.9 Å². The van der Waals surface area contributed by atoms with Gasteiger partial charge in [-0.25, -0.2) is 9.59 Å². The van der Waals surface area contributed by atoms with Crippen molar-refractivity contribution in [2.24, 2.45) is 0 Å². The molecule has 0 bridgehead atoms. The molecule has 2 aliphatic heterocycles. The van der Waals surface area contributed by atoms with E-state index in [1.54, 1.807) is 42.5 Å². The molecule has 2 saturated heterocycles. The summed E-state index contributed by atoms with van der Waals surface area (Å²) in [5, 5.41) is 5.24. The highest BCUT2D eigenvalue weighted by atomic mass is 16.7. The number of amides is 2. The number of carbonyl (C=O) groups is 3. The SMILES string of the molecule is C=Cc1ccc(NC(=O)O[C@H]2CO[C@H]3[C@@H]2OC[C@H]3OC(=O)Nc2ccc(C=O)cc2)cc1. The van der Waals surface area contributed by atoms with Crippen LogP contribution >= 0.6 is 0 Å². The van der Waals surface area contributed by atoms with E-state index in [9.17, 15) is 14.4 Å². The fraction of sp³-hybridized carbons (Fsp3) is 0.261. The Morgan fingerprint density at radius 1 is 0.812 bits per heavy atom. The smallest absolute Gasteiger partial charge is 0.412 e. The van der Waals surface area contributed by atoms with Crippen molar-refractivity contribution in [3.05, 3.63) is 66.2 Å². The minimum Gasteiger partial charge on any atom is -0.441 e. The number of rotatable bonds is 6. The molecule has 4 rings (SSSR count). The molecule has 9 heteroatoms. The molecule has 0 spiro atoms. The van der Waals surface area contributed by atoms with E-state index in [-0.39, 0.29) is 13.2 Å². The Kier molecular flexibility index (Phi) is 6.48. The summed E-state index contributed by atoms with van der Waals surface area (Å²) in [7, 11) is 0. The number of aldehydes is 1. The Balaban J connectivity index is 1.26. The van der Waals surface area contributed by atoms with Gasteiger partial charge in [-0.3, -0.25) is 15.4 Å². The molecule has 0 radical (unpaired) electrons. The highest BCUT2D eigenvalue weighted by Gasteiger charge is 2.51. The molecule has 2 aromatic carbocycles. The van der Waals surface area contributed by atoms with Crippen LogP contribution in [0.5, 0.6) is 0 Å². The van der Waals surface area contributed by atoms with Gasteiger partial charge < -0.3 is 18.9 Å². The monoisotopic (exact) mass is 438 g/mol. The maximum atomic E-state index is 12.2. The van der Waals surface area contributed by atoms with Crippen LogP contribution < -0.4 is 10.6 Å². The first kappa shape index (κ1) is 21.5. The Hall–Kier alpha value is -3.69. The zero-order chi connectivity index (χ0) is 22.5. The first-order valence-electron chi connectivity index (χ1n) is 10.0. The van der Waals surface area contributed by atoms with Crippen molar-refractivity contribution in [3.63, 3.8) is 0 Å². The van der Waals surface area contributed by atoms with E-state index in [1.807, 2.05) is 12.1 Å². The third-order valence-electron chi connectivity index (χ3n) is 5.17. The van der Waals surface area contributed by atoms with Crippen LogP contribution in [-0.2, 0) is 18.9 Å². The predicted molar refractivity (Wildman–Crippen MR) is 116 cm³/mol. The lowest BCUT2D eigenvalue weighted by molar-refractivity contribution is -0.00697. The summed E-state index contributed by atoms with van der Waals surface area (Å²) in [4.78, 5) is 35.1. The van der Waals surface area contributed by atoms with Crippen LogP contribution in [0, 0.1) is 0 Å². The third-order valence-corrected chi connectivity index (χ3v) is 5.17. The Labute approximate surface area is 184 Å². The number of benzene rings is 2. The van der Waals surface area contributed by atoms with Gasteiger partial charge in [0.15, 0.2) is 12.2 Å². The van der Waals surface area contributed by atoms with Gasteiger partial charge in [0.1, 0.15) is 18.5 Å². The standard InChI is InChI=1S/C23H22N2O7/c1-2-14-3-7-16(8-4-14)24-22(27)31-18-12-29-21-19(13-30-20(18)21)32-23(28)25-17-9-5-15(11-26)6-10-17/h2-11,18-21H,1,12-13H2,(H,24,27)(H,25,28)/t18-,19+,20+,21+/m0/s1. The van der Waals surface area contributed by atoms with E-state index >= 15 is 0 Å². The second-order valence-corrected chi connectivity index (χ2v) is 7.30. The van der Waals surface area contributed by atoms with Gasteiger partial charge in [-0.15, -0.1) is 0 Å². The first-order chi connectivity index (χ1) is 15.6. The van der Waals surface area contributed by atoms with Gasteiger partial charge in [-0.05, 0) is 42.0 Å². The van der Waals surface area contributed by atoms with Crippen LogP contribution in [0.3, 0.4) is 0 Å². The van der Waals surface area contributed by atoms with Crippen molar-refractivity contribution in [2.45, 2.75) is 24.4 Å². The second-order valence-electron chi connectivity index (χ2n) is 7.30. The van der Waals surface area contributed by atoms with E-state index in [4.69, 9.17) is 18.9 Å². The van der Waals surface area contributed by atoms with Crippen LogP contribution in [-0.4, -0.2) is 56.1 Å². The van der Waals surface area contributed by atoms with Crippen molar-refractivity contribution in [1.29, 1.82) is 0 Å². The van der Waals surface area contributed by atoms with Crippen molar-refractivity contribution < 1.29 is 33.3 Å². The predicted octanol–water partition coefficient (Wildman–Crippen LogP) is 3.47. The highest BCUT2D eigenvalue weighted by Crippen LogP contribution is 2.31. The molecular weight excluding hydrogens is 416 g/mol. The fourth-order valence-electron chi connectivity index (χ4n) is 3.55. The minimum atomic E-state index is -0.674. The maximum absolute atomic E-state index is 12.2. The molecule has 2 fully saturated rings. The molecular formula is C23H22N2O7. The van der Waals surface area contributed by atoms with Gasteiger partial charge in [-0.2, -0.15) is 0 Å². The largest absolute Gasteiger partial charge is 0.441 e.